The lowest BCUT2D eigenvalue weighted by Gasteiger charge is -2.18. The highest BCUT2D eigenvalue weighted by Gasteiger charge is 2.19. The predicted octanol–water partition coefficient (Wildman–Crippen LogP) is 2.23. The van der Waals surface area contributed by atoms with Crippen LogP contribution in [0.15, 0.2) is 48.9 Å². The molecule has 0 saturated carbocycles. The number of nitro benzene ring substituents is 1. The number of nitrogen functional groups attached to an aromatic ring is 1. The molecule has 8 nitrogen and oxygen atoms in total. The van der Waals surface area contributed by atoms with Crippen LogP contribution < -0.4 is 16.0 Å². The van der Waals surface area contributed by atoms with Crippen molar-refractivity contribution >= 4 is 52.3 Å². The van der Waals surface area contributed by atoms with Crippen molar-refractivity contribution < 1.29 is 4.92 Å². The normalized spacial score (nSPS) is 12.5. The average Bonchev–Trinajstić information content (AvgIpc) is 3.49. The third-order valence-electron chi connectivity index (χ3n) is 5.03. The molecule has 0 unspecified atom stereocenters. The number of hydrogen-bond donors (Lipinski definition) is 3. The van der Waals surface area contributed by atoms with Crippen LogP contribution in [0.2, 0.25) is 0 Å². The number of non-ortho nitro benzene ring substituents is 1. The molecular formula is C21H26B4N6O2. The van der Waals surface area contributed by atoms with Gasteiger partial charge in [-0.3, -0.25) is 10.1 Å². The van der Waals surface area contributed by atoms with E-state index in [1.807, 2.05) is 18.3 Å². The molecule has 1 aromatic heterocycles. The van der Waals surface area contributed by atoms with E-state index < -0.39 is 6.39 Å². The molecule has 2 aromatic carbocycles. The third-order valence-corrected chi connectivity index (χ3v) is 5.03. The van der Waals surface area contributed by atoms with Crippen LogP contribution in [-0.4, -0.2) is 57.6 Å². The zero-order chi connectivity index (χ0) is 23.1. The van der Waals surface area contributed by atoms with Crippen LogP contribution in [-0.2, 0) is 19.4 Å². The SMILES string of the molecule is C.Nc1ccc2c(c1)N(Cc1cnc[nH]1)CC2.O=[N+]([O-])c1ccc2c(c1)NCC2.[B]B([B])[B]. The number of aromatic amines is 1. The van der Waals surface area contributed by atoms with E-state index in [1.165, 1.54) is 16.8 Å². The van der Waals surface area contributed by atoms with Gasteiger partial charge in [-0.1, -0.05) is 19.6 Å². The number of nitrogens with zero attached hydrogens (tertiary/aromatic N) is 3. The van der Waals surface area contributed by atoms with E-state index in [-0.39, 0.29) is 18.0 Å². The van der Waals surface area contributed by atoms with Gasteiger partial charge in [0.15, 0.2) is 0 Å². The lowest BCUT2D eigenvalue weighted by Crippen LogP contribution is -2.19. The molecule has 0 fully saturated rings. The Labute approximate surface area is 199 Å². The van der Waals surface area contributed by atoms with Gasteiger partial charge in [0.2, 0.25) is 0 Å². The van der Waals surface area contributed by atoms with Gasteiger partial charge in [0.05, 0.1) is 23.5 Å². The second-order valence-corrected chi connectivity index (χ2v) is 7.49. The number of benzene rings is 2. The summed E-state index contributed by atoms with van der Waals surface area (Å²) in [6, 6.07) is 11.1. The number of rotatable bonds is 3. The number of fused-ring (bicyclic) bond motifs is 2. The number of aromatic nitrogens is 2. The van der Waals surface area contributed by atoms with Crippen molar-refractivity contribution in [2.45, 2.75) is 26.8 Å². The minimum atomic E-state index is -0.667. The molecule has 6 radical (unpaired) electrons. The maximum absolute atomic E-state index is 10.4. The van der Waals surface area contributed by atoms with E-state index in [0.717, 1.165) is 49.5 Å². The Morgan fingerprint density at radius 1 is 1.15 bits per heavy atom. The Kier molecular flexibility index (Phi) is 9.51. The summed E-state index contributed by atoms with van der Waals surface area (Å²) in [5, 5.41) is 13.5. The number of imidazole rings is 1. The molecule has 0 amide bonds. The fraction of sp³-hybridized carbons (Fsp3) is 0.286. The Bertz CT molecular complexity index is 1050. The van der Waals surface area contributed by atoms with E-state index in [4.69, 9.17) is 5.73 Å². The second kappa shape index (κ2) is 12.1. The molecule has 4 N–H and O–H groups in total. The molecule has 0 saturated heterocycles. The summed E-state index contributed by atoms with van der Waals surface area (Å²) in [5.41, 5.74) is 12.7. The molecule has 5 rings (SSSR count). The van der Waals surface area contributed by atoms with Gasteiger partial charge in [-0.15, -0.1) is 0 Å². The molecule has 33 heavy (non-hydrogen) atoms. The van der Waals surface area contributed by atoms with Crippen LogP contribution in [0, 0.1) is 10.1 Å². The van der Waals surface area contributed by atoms with Gasteiger partial charge in [0, 0.05) is 78.1 Å². The van der Waals surface area contributed by atoms with E-state index in [0.29, 0.717) is 0 Å². The molecular weight excluding hydrogens is 412 g/mol. The van der Waals surface area contributed by atoms with Crippen LogP contribution >= 0.6 is 0 Å². The molecule has 164 valence electrons. The van der Waals surface area contributed by atoms with Crippen molar-refractivity contribution in [3.8, 4) is 0 Å². The third kappa shape index (κ3) is 7.37. The molecule has 0 bridgehead atoms. The largest absolute Gasteiger partial charge is 0.399 e. The monoisotopic (exact) mass is 438 g/mol. The fourth-order valence-corrected chi connectivity index (χ4v) is 3.60. The maximum atomic E-state index is 10.4. The topological polar surface area (TPSA) is 113 Å². The Hall–Kier alpha value is -3.29. The van der Waals surface area contributed by atoms with Gasteiger partial charge in [-0.2, -0.15) is 0 Å². The van der Waals surface area contributed by atoms with Crippen LogP contribution in [0.3, 0.4) is 0 Å². The molecule has 2 aliphatic rings. The Morgan fingerprint density at radius 3 is 2.55 bits per heavy atom. The molecule has 0 spiro atoms. The van der Waals surface area contributed by atoms with Gasteiger partial charge in [-0.25, -0.2) is 4.98 Å². The summed E-state index contributed by atoms with van der Waals surface area (Å²) in [5.74, 6) is 0. The van der Waals surface area contributed by atoms with E-state index in [9.17, 15) is 10.1 Å². The molecule has 0 aliphatic carbocycles. The second-order valence-electron chi connectivity index (χ2n) is 7.49. The molecule has 3 aromatic rings. The van der Waals surface area contributed by atoms with E-state index >= 15 is 0 Å². The lowest BCUT2D eigenvalue weighted by molar-refractivity contribution is -0.384. The van der Waals surface area contributed by atoms with Gasteiger partial charge in [-0.05, 0) is 36.1 Å². The predicted molar refractivity (Wildman–Crippen MR) is 139 cm³/mol. The van der Waals surface area contributed by atoms with Crippen LogP contribution in [0.25, 0.3) is 0 Å². The standard InChI is InChI=1S/C12H14N4.C8H8N2O2.CH4.B4/c13-10-2-1-9-3-4-16(12(9)5-10)7-11-6-14-8-15-11;11-10(12)7-2-1-6-3-4-9-8(6)5-7;;1-4(2)3/h1-2,5-6,8H,3-4,7,13H2,(H,14,15);1-2,5,9H,3-4H2;1H4;. The zero-order valence-corrected chi connectivity index (χ0v) is 17.7. The van der Waals surface area contributed by atoms with Crippen molar-refractivity contribution in [1.82, 2.24) is 9.97 Å². The molecule has 3 heterocycles. The lowest BCUT2D eigenvalue weighted by atomic mass is 9.08. The fourth-order valence-electron chi connectivity index (χ4n) is 3.60. The van der Waals surface area contributed by atoms with E-state index in [1.54, 1.807) is 18.5 Å². The smallest absolute Gasteiger partial charge is 0.271 e. The summed E-state index contributed by atoms with van der Waals surface area (Å²) >= 11 is 0. The summed E-state index contributed by atoms with van der Waals surface area (Å²) < 4.78 is 0. The summed E-state index contributed by atoms with van der Waals surface area (Å²) in [7, 11) is 14.0. The van der Waals surface area contributed by atoms with Gasteiger partial charge >= 0.3 is 0 Å². The van der Waals surface area contributed by atoms with Crippen molar-refractivity contribution in [2.75, 3.05) is 29.0 Å². The Balaban J connectivity index is 0.000000202. The minimum absolute atomic E-state index is 0. The van der Waals surface area contributed by atoms with Crippen molar-refractivity contribution in [3.63, 3.8) is 0 Å². The number of nitrogens with one attached hydrogen (secondary N) is 2. The Morgan fingerprint density at radius 2 is 1.88 bits per heavy atom. The van der Waals surface area contributed by atoms with Gasteiger partial charge in [0.25, 0.3) is 5.69 Å². The number of anilines is 3. The zero-order valence-electron chi connectivity index (χ0n) is 17.7. The number of nitrogens with two attached hydrogens (primary N) is 1. The van der Waals surface area contributed by atoms with Gasteiger partial charge in [0.1, 0.15) is 0 Å². The first-order valence-corrected chi connectivity index (χ1v) is 10.2. The molecule has 12 heteroatoms. The first kappa shape index (κ1) is 26.0. The van der Waals surface area contributed by atoms with Crippen molar-refractivity contribution in [3.05, 3.63) is 75.9 Å². The van der Waals surface area contributed by atoms with Crippen molar-refractivity contribution in [1.29, 1.82) is 0 Å². The molecule has 2 aliphatic heterocycles. The summed E-state index contributed by atoms with van der Waals surface area (Å²) in [4.78, 5) is 19.5. The summed E-state index contributed by atoms with van der Waals surface area (Å²) in [6.07, 6.45) is 4.98. The highest BCUT2D eigenvalue weighted by Crippen LogP contribution is 2.30. The van der Waals surface area contributed by atoms with Crippen LogP contribution in [0.4, 0.5) is 22.7 Å². The quantitative estimate of drug-likeness (QED) is 0.251. The first-order chi connectivity index (χ1) is 15.3. The number of hydrogen-bond acceptors (Lipinski definition) is 6. The summed E-state index contributed by atoms with van der Waals surface area (Å²) in [6.45, 7) is 2.81. The van der Waals surface area contributed by atoms with E-state index in [2.05, 4.69) is 55.5 Å². The van der Waals surface area contributed by atoms with Crippen LogP contribution in [0.5, 0.6) is 0 Å². The number of nitro groups is 1. The maximum Gasteiger partial charge on any atom is 0.271 e. The first-order valence-electron chi connectivity index (χ1n) is 10.2. The highest BCUT2D eigenvalue weighted by molar-refractivity contribution is 7.49. The molecule has 0 atom stereocenters. The van der Waals surface area contributed by atoms with Crippen molar-refractivity contribution in [2.24, 2.45) is 0 Å². The number of H-pyrrole nitrogens is 1. The van der Waals surface area contributed by atoms with Gasteiger partial charge < -0.3 is 20.9 Å². The minimum Gasteiger partial charge on any atom is -0.399 e. The highest BCUT2D eigenvalue weighted by atomic mass is 16.6. The van der Waals surface area contributed by atoms with Crippen LogP contribution in [0.1, 0.15) is 24.2 Å². The average molecular weight is 438 g/mol.